The second-order valence-corrected chi connectivity index (χ2v) is 8.60. The average Bonchev–Trinajstić information content (AvgIpc) is 3.09. The normalized spacial score (nSPS) is 33.8. The summed E-state index contributed by atoms with van der Waals surface area (Å²) in [6.45, 7) is 1.90. The van der Waals surface area contributed by atoms with Crippen LogP contribution in [0.25, 0.3) is 0 Å². The number of carbonyl (C=O) groups excluding carboxylic acids is 3. The Morgan fingerprint density at radius 1 is 1.08 bits per heavy atom. The van der Waals surface area contributed by atoms with Gasteiger partial charge in [0.15, 0.2) is 0 Å². The van der Waals surface area contributed by atoms with Crippen molar-refractivity contribution in [2.24, 2.45) is 11.8 Å². The first-order valence-electron chi connectivity index (χ1n) is 9.74. The maximum Gasteiger partial charge on any atom is 0.413 e. The minimum atomic E-state index is -0.725. The zero-order valence-corrected chi connectivity index (χ0v) is 16.1. The van der Waals surface area contributed by atoms with Crippen molar-refractivity contribution < 1.29 is 19.1 Å². The molecule has 2 heterocycles. The van der Waals surface area contributed by atoms with E-state index in [1.54, 1.807) is 18.7 Å². The molecule has 3 aliphatic rings. The lowest BCUT2D eigenvalue weighted by Crippen LogP contribution is -2.56. The lowest BCUT2D eigenvalue weighted by Gasteiger charge is -2.40. The second-order valence-electron chi connectivity index (χ2n) is 7.35. The van der Waals surface area contributed by atoms with E-state index >= 15 is 0 Å². The van der Waals surface area contributed by atoms with Crippen LogP contribution >= 0.6 is 11.8 Å². The Morgan fingerprint density at radius 2 is 1.88 bits per heavy atom. The van der Waals surface area contributed by atoms with Crippen LogP contribution in [0, 0.1) is 11.8 Å². The summed E-state index contributed by atoms with van der Waals surface area (Å²) in [6.07, 6.45) is 6.82. The molecule has 0 spiro atoms. The number of nitrogens with one attached hydrogen (secondary N) is 3. The van der Waals surface area contributed by atoms with Gasteiger partial charge in [0, 0.05) is 6.04 Å². The van der Waals surface area contributed by atoms with E-state index < -0.39 is 12.0 Å². The van der Waals surface area contributed by atoms with Gasteiger partial charge in [-0.3, -0.25) is 14.9 Å². The lowest BCUT2D eigenvalue weighted by molar-refractivity contribution is -0.126. The van der Waals surface area contributed by atoms with E-state index in [1.807, 2.05) is 0 Å². The summed E-state index contributed by atoms with van der Waals surface area (Å²) in [7, 11) is 0. The van der Waals surface area contributed by atoms with Gasteiger partial charge < -0.3 is 15.4 Å². The molecule has 3 rings (SSSR count). The SMILES string of the molecule is CCOC(=O)NC(=O)C1CCSC1NC(=O)C1CCC2CCCCC2N1. The van der Waals surface area contributed by atoms with Gasteiger partial charge >= 0.3 is 6.09 Å². The van der Waals surface area contributed by atoms with E-state index in [0.29, 0.717) is 18.4 Å². The van der Waals surface area contributed by atoms with Crippen molar-refractivity contribution in [3.63, 3.8) is 0 Å². The number of amides is 3. The molecule has 7 nitrogen and oxygen atoms in total. The molecule has 3 N–H and O–H groups in total. The smallest absolute Gasteiger partial charge is 0.413 e. The van der Waals surface area contributed by atoms with Crippen molar-refractivity contribution in [2.75, 3.05) is 12.4 Å². The van der Waals surface area contributed by atoms with Gasteiger partial charge in [0.05, 0.1) is 23.9 Å². The van der Waals surface area contributed by atoms with Gasteiger partial charge in [-0.25, -0.2) is 4.79 Å². The molecule has 5 unspecified atom stereocenters. The zero-order valence-electron chi connectivity index (χ0n) is 15.3. The number of rotatable bonds is 4. The van der Waals surface area contributed by atoms with Crippen LogP contribution in [0.1, 0.15) is 51.9 Å². The van der Waals surface area contributed by atoms with Gasteiger partial charge in [0.25, 0.3) is 0 Å². The van der Waals surface area contributed by atoms with Gasteiger partial charge in [0.2, 0.25) is 11.8 Å². The van der Waals surface area contributed by atoms with Crippen molar-refractivity contribution >= 4 is 29.7 Å². The van der Waals surface area contributed by atoms with Crippen molar-refractivity contribution in [3.8, 4) is 0 Å². The van der Waals surface area contributed by atoms with Crippen LogP contribution in [0.15, 0.2) is 0 Å². The van der Waals surface area contributed by atoms with E-state index in [4.69, 9.17) is 4.74 Å². The Morgan fingerprint density at radius 3 is 2.69 bits per heavy atom. The maximum absolute atomic E-state index is 12.7. The molecular weight excluding hydrogens is 354 g/mol. The van der Waals surface area contributed by atoms with Crippen LogP contribution in [-0.4, -0.2) is 47.7 Å². The second kappa shape index (κ2) is 9.08. The summed E-state index contributed by atoms with van der Waals surface area (Å²) in [5.74, 6) is 0.690. The Hall–Kier alpha value is -1.28. The fourth-order valence-electron chi connectivity index (χ4n) is 4.30. The van der Waals surface area contributed by atoms with E-state index in [0.717, 1.165) is 25.0 Å². The van der Waals surface area contributed by atoms with Gasteiger partial charge in [-0.15, -0.1) is 11.8 Å². The minimum absolute atomic E-state index is 0.0256. The molecule has 146 valence electrons. The number of carbonyl (C=O) groups is 3. The van der Waals surface area contributed by atoms with Crippen LogP contribution in [0.3, 0.4) is 0 Å². The quantitative estimate of drug-likeness (QED) is 0.685. The summed E-state index contributed by atoms with van der Waals surface area (Å²) in [5, 5.41) is 8.53. The van der Waals surface area contributed by atoms with Crippen molar-refractivity contribution in [1.29, 1.82) is 0 Å². The molecule has 8 heteroatoms. The molecule has 0 aromatic rings. The number of hydrogen-bond acceptors (Lipinski definition) is 6. The minimum Gasteiger partial charge on any atom is -0.450 e. The van der Waals surface area contributed by atoms with Crippen LogP contribution in [0.2, 0.25) is 0 Å². The first-order chi connectivity index (χ1) is 12.6. The van der Waals surface area contributed by atoms with E-state index in [-0.39, 0.29) is 29.8 Å². The highest BCUT2D eigenvalue weighted by atomic mass is 32.2. The third-order valence-corrected chi connectivity index (χ3v) is 6.96. The zero-order chi connectivity index (χ0) is 18.5. The summed E-state index contributed by atoms with van der Waals surface area (Å²) in [5.41, 5.74) is 0. The standard InChI is InChI=1S/C18H29N3O4S/c1-2-25-18(24)21-15(22)12-9-10-26-17(12)20-16(23)14-8-7-11-5-3-4-6-13(11)19-14/h11-14,17,19H,2-10H2,1H3,(H,20,23)(H,21,22,24). The summed E-state index contributed by atoms with van der Waals surface area (Å²) in [4.78, 5) is 36.5. The number of ether oxygens (including phenoxy) is 1. The number of hydrogen-bond donors (Lipinski definition) is 3. The number of fused-ring (bicyclic) bond motifs is 1. The fraction of sp³-hybridized carbons (Fsp3) is 0.833. The summed E-state index contributed by atoms with van der Waals surface area (Å²) in [6, 6.07) is 0.275. The molecule has 0 aromatic heterocycles. The predicted molar refractivity (Wildman–Crippen MR) is 99.6 cm³/mol. The Balaban J connectivity index is 1.51. The monoisotopic (exact) mass is 383 g/mol. The van der Waals surface area contributed by atoms with E-state index in [2.05, 4.69) is 16.0 Å². The first kappa shape index (κ1) is 19.5. The lowest BCUT2D eigenvalue weighted by atomic mass is 9.77. The average molecular weight is 384 g/mol. The third kappa shape index (κ3) is 4.71. The molecule has 0 aromatic carbocycles. The molecule has 3 fully saturated rings. The van der Waals surface area contributed by atoms with Crippen LogP contribution in [0.5, 0.6) is 0 Å². The topological polar surface area (TPSA) is 96.5 Å². The fourth-order valence-corrected chi connectivity index (χ4v) is 5.64. The molecule has 5 atom stereocenters. The first-order valence-corrected chi connectivity index (χ1v) is 10.8. The van der Waals surface area contributed by atoms with E-state index in [1.165, 1.54) is 19.3 Å². The van der Waals surface area contributed by atoms with Crippen LogP contribution < -0.4 is 16.0 Å². The summed E-state index contributed by atoms with van der Waals surface area (Å²) >= 11 is 1.56. The number of alkyl carbamates (subject to hydrolysis) is 1. The Kier molecular flexibility index (Phi) is 6.80. The Bertz CT molecular complexity index is 545. The molecule has 1 aliphatic carbocycles. The number of imide groups is 1. The largest absolute Gasteiger partial charge is 0.450 e. The van der Waals surface area contributed by atoms with Crippen molar-refractivity contribution in [2.45, 2.75) is 69.3 Å². The number of piperidine rings is 1. The van der Waals surface area contributed by atoms with Gasteiger partial charge in [-0.1, -0.05) is 12.8 Å². The van der Waals surface area contributed by atoms with E-state index in [9.17, 15) is 14.4 Å². The highest BCUT2D eigenvalue weighted by Crippen LogP contribution is 2.33. The van der Waals surface area contributed by atoms with Crippen LogP contribution in [0.4, 0.5) is 4.79 Å². The van der Waals surface area contributed by atoms with Crippen LogP contribution in [-0.2, 0) is 14.3 Å². The molecule has 26 heavy (non-hydrogen) atoms. The molecule has 0 radical (unpaired) electrons. The highest BCUT2D eigenvalue weighted by molar-refractivity contribution is 8.00. The van der Waals surface area contributed by atoms with Crippen molar-refractivity contribution in [3.05, 3.63) is 0 Å². The van der Waals surface area contributed by atoms with Gasteiger partial charge in [-0.05, 0) is 50.7 Å². The molecule has 3 amide bonds. The maximum atomic E-state index is 12.7. The molecule has 2 saturated heterocycles. The highest BCUT2D eigenvalue weighted by Gasteiger charge is 2.39. The van der Waals surface area contributed by atoms with Gasteiger partial charge in [0.1, 0.15) is 0 Å². The molecule has 1 saturated carbocycles. The number of thioether (sulfide) groups is 1. The molecule has 0 bridgehead atoms. The molecule has 2 aliphatic heterocycles. The third-order valence-electron chi connectivity index (χ3n) is 5.68. The van der Waals surface area contributed by atoms with Crippen molar-refractivity contribution in [1.82, 2.24) is 16.0 Å². The predicted octanol–water partition coefficient (Wildman–Crippen LogP) is 1.77. The Labute approximate surface area is 158 Å². The molecular formula is C18H29N3O4S. The summed E-state index contributed by atoms with van der Waals surface area (Å²) < 4.78 is 4.76. The van der Waals surface area contributed by atoms with Gasteiger partial charge in [-0.2, -0.15) is 0 Å².